The van der Waals surface area contributed by atoms with E-state index in [1.54, 1.807) is 24.1 Å². The zero-order valence-electron chi connectivity index (χ0n) is 20.9. The number of aromatic nitrogens is 1. The number of fused-ring (bicyclic) bond motifs is 1. The third-order valence-electron chi connectivity index (χ3n) is 5.83. The molecule has 0 unspecified atom stereocenters. The molecule has 0 aliphatic carbocycles. The molecule has 3 aromatic rings. The van der Waals surface area contributed by atoms with Crippen LogP contribution in [-0.2, 0) is 0 Å². The normalized spacial score (nSPS) is 11.1. The Morgan fingerprint density at radius 3 is 2.06 bits per heavy atom. The first-order valence-corrected chi connectivity index (χ1v) is 12.0. The van der Waals surface area contributed by atoms with E-state index in [0.717, 1.165) is 35.4 Å². The second-order valence-electron chi connectivity index (χ2n) is 7.66. The van der Waals surface area contributed by atoms with Gasteiger partial charge in [0, 0.05) is 18.7 Å². The summed E-state index contributed by atoms with van der Waals surface area (Å²) in [5.41, 5.74) is 2.27. The van der Waals surface area contributed by atoms with E-state index in [0.29, 0.717) is 40.2 Å². The molecule has 9 heteroatoms. The number of methoxy groups -OCH3 is 4. The van der Waals surface area contributed by atoms with E-state index in [9.17, 15) is 4.79 Å². The molecule has 2 aromatic carbocycles. The van der Waals surface area contributed by atoms with Crippen molar-refractivity contribution >= 4 is 32.6 Å². The number of likely N-dealkylation sites (N-methyl/N-ethyl adjacent to an activating group) is 1. The highest BCUT2D eigenvalue weighted by molar-refractivity contribution is 7.22. The standard InChI is InChI=1S/C25H33N3O5S/c1-8-27(9-2)12-13-28(25-26-21-18(30-4)11-10-16(3)23(21)34-25)24(29)17-14-19(31-5)22(33-7)20(15-17)32-6/h10-11,14-15H,8-9,12-13H2,1-7H3. The van der Waals surface area contributed by atoms with E-state index in [2.05, 4.69) is 18.7 Å². The van der Waals surface area contributed by atoms with E-state index in [4.69, 9.17) is 23.9 Å². The number of hydrogen-bond donors (Lipinski definition) is 0. The first kappa shape index (κ1) is 25.6. The SMILES string of the molecule is CCN(CC)CCN(C(=O)c1cc(OC)c(OC)c(OC)c1)c1nc2c(OC)ccc(C)c2s1. The topological polar surface area (TPSA) is 73.4 Å². The van der Waals surface area contributed by atoms with E-state index < -0.39 is 0 Å². The molecule has 0 atom stereocenters. The van der Waals surface area contributed by atoms with Gasteiger partial charge in [0.1, 0.15) is 11.3 Å². The number of ether oxygens (including phenoxy) is 4. The van der Waals surface area contributed by atoms with Crippen LogP contribution in [0.5, 0.6) is 23.0 Å². The average Bonchev–Trinajstić information content (AvgIpc) is 3.31. The maximum Gasteiger partial charge on any atom is 0.260 e. The molecule has 0 radical (unpaired) electrons. The summed E-state index contributed by atoms with van der Waals surface area (Å²) in [6.07, 6.45) is 0. The van der Waals surface area contributed by atoms with Crippen LogP contribution in [0.25, 0.3) is 10.2 Å². The van der Waals surface area contributed by atoms with Gasteiger partial charge in [0.15, 0.2) is 16.6 Å². The van der Waals surface area contributed by atoms with Crippen LogP contribution in [0.2, 0.25) is 0 Å². The number of aryl methyl sites for hydroxylation is 1. The van der Waals surface area contributed by atoms with Crippen molar-refractivity contribution in [2.45, 2.75) is 20.8 Å². The van der Waals surface area contributed by atoms with Gasteiger partial charge in [-0.15, -0.1) is 0 Å². The molecule has 1 amide bonds. The largest absolute Gasteiger partial charge is 0.494 e. The highest BCUT2D eigenvalue weighted by atomic mass is 32.1. The fourth-order valence-electron chi connectivity index (χ4n) is 3.80. The number of benzene rings is 2. The Hall–Kier alpha value is -3.04. The van der Waals surface area contributed by atoms with Gasteiger partial charge in [0.25, 0.3) is 5.91 Å². The Morgan fingerprint density at radius 1 is 0.912 bits per heavy atom. The third-order valence-corrected chi connectivity index (χ3v) is 7.05. The van der Waals surface area contributed by atoms with Gasteiger partial charge in [-0.3, -0.25) is 9.69 Å². The monoisotopic (exact) mass is 487 g/mol. The molecule has 0 aliphatic rings. The van der Waals surface area contributed by atoms with E-state index in [-0.39, 0.29) is 5.91 Å². The molecule has 1 aromatic heterocycles. The smallest absolute Gasteiger partial charge is 0.260 e. The average molecular weight is 488 g/mol. The minimum atomic E-state index is -0.193. The Bertz CT molecular complexity index is 1120. The van der Waals surface area contributed by atoms with Gasteiger partial charge in [0.2, 0.25) is 5.75 Å². The van der Waals surface area contributed by atoms with Gasteiger partial charge < -0.3 is 23.8 Å². The van der Waals surface area contributed by atoms with Crippen LogP contribution in [0, 0.1) is 6.92 Å². The van der Waals surface area contributed by atoms with Crippen molar-refractivity contribution in [3.05, 3.63) is 35.4 Å². The Morgan fingerprint density at radius 2 is 1.53 bits per heavy atom. The molecule has 0 saturated carbocycles. The highest BCUT2D eigenvalue weighted by Gasteiger charge is 2.26. The minimum Gasteiger partial charge on any atom is -0.494 e. The summed E-state index contributed by atoms with van der Waals surface area (Å²) >= 11 is 1.49. The van der Waals surface area contributed by atoms with Gasteiger partial charge in [-0.25, -0.2) is 4.98 Å². The maximum absolute atomic E-state index is 13.9. The number of amides is 1. The zero-order chi connectivity index (χ0) is 24.8. The molecule has 0 bridgehead atoms. The van der Waals surface area contributed by atoms with Crippen LogP contribution in [0.15, 0.2) is 24.3 Å². The number of carbonyl (C=O) groups is 1. The maximum atomic E-state index is 13.9. The molecule has 0 saturated heterocycles. The summed E-state index contributed by atoms with van der Waals surface area (Å²) in [4.78, 5) is 22.7. The predicted molar refractivity (Wildman–Crippen MR) is 136 cm³/mol. The number of anilines is 1. The second kappa shape index (κ2) is 11.4. The molecule has 8 nitrogen and oxygen atoms in total. The Labute approximate surface area is 205 Å². The summed E-state index contributed by atoms with van der Waals surface area (Å²) < 4.78 is 22.9. The van der Waals surface area contributed by atoms with Gasteiger partial charge in [-0.2, -0.15) is 0 Å². The van der Waals surface area contributed by atoms with Crippen molar-refractivity contribution in [2.75, 3.05) is 59.5 Å². The Kier molecular flexibility index (Phi) is 8.57. The lowest BCUT2D eigenvalue weighted by molar-refractivity contribution is 0.0983. The summed E-state index contributed by atoms with van der Waals surface area (Å²) in [7, 11) is 6.23. The minimum absolute atomic E-state index is 0.193. The molecular formula is C25H33N3O5S. The van der Waals surface area contributed by atoms with Crippen molar-refractivity contribution in [3.8, 4) is 23.0 Å². The van der Waals surface area contributed by atoms with Crippen molar-refractivity contribution in [1.29, 1.82) is 0 Å². The van der Waals surface area contributed by atoms with Crippen molar-refractivity contribution in [3.63, 3.8) is 0 Å². The van der Waals surface area contributed by atoms with Crippen LogP contribution < -0.4 is 23.8 Å². The van der Waals surface area contributed by atoms with Crippen LogP contribution in [0.4, 0.5) is 5.13 Å². The van der Waals surface area contributed by atoms with E-state index >= 15 is 0 Å². The predicted octanol–water partition coefficient (Wildman–Crippen LogP) is 4.63. The van der Waals surface area contributed by atoms with Crippen molar-refractivity contribution in [1.82, 2.24) is 9.88 Å². The molecule has 0 N–H and O–H groups in total. The lowest BCUT2D eigenvalue weighted by atomic mass is 10.1. The fourth-order valence-corrected chi connectivity index (χ4v) is 4.88. The van der Waals surface area contributed by atoms with Crippen LogP contribution in [0.1, 0.15) is 29.8 Å². The third kappa shape index (κ3) is 5.05. The van der Waals surface area contributed by atoms with Gasteiger partial charge >= 0.3 is 0 Å². The number of hydrogen-bond acceptors (Lipinski definition) is 8. The van der Waals surface area contributed by atoms with E-state index in [1.807, 2.05) is 19.1 Å². The van der Waals surface area contributed by atoms with Crippen molar-refractivity contribution in [2.24, 2.45) is 0 Å². The molecule has 184 valence electrons. The second-order valence-corrected chi connectivity index (χ2v) is 8.63. The molecule has 34 heavy (non-hydrogen) atoms. The number of rotatable bonds is 11. The fraction of sp³-hybridized carbons (Fsp3) is 0.440. The summed E-state index contributed by atoms with van der Waals surface area (Å²) in [6, 6.07) is 7.26. The first-order valence-electron chi connectivity index (χ1n) is 11.2. The molecular weight excluding hydrogens is 454 g/mol. The van der Waals surface area contributed by atoms with Crippen LogP contribution >= 0.6 is 11.3 Å². The lowest BCUT2D eigenvalue weighted by Crippen LogP contribution is -2.38. The first-order chi connectivity index (χ1) is 16.4. The van der Waals surface area contributed by atoms with Crippen LogP contribution in [0.3, 0.4) is 0 Å². The lowest BCUT2D eigenvalue weighted by Gasteiger charge is -2.25. The van der Waals surface area contributed by atoms with Gasteiger partial charge in [-0.1, -0.05) is 31.3 Å². The molecule has 0 fully saturated rings. The number of carbonyl (C=O) groups excluding carboxylic acids is 1. The molecule has 0 aliphatic heterocycles. The van der Waals surface area contributed by atoms with Crippen LogP contribution in [-0.4, -0.2) is 70.4 Å². The van der Waals surface area contributed by atoms with Gasteiger partial charge in [0.05, 0.1) is 33.1 Å². The molecule has 3 rings (SSSR count). The Balaban J connectivity index is 2.11. The quantitative estimate of drug-likeness (QED) is 0.390. The van der Waals surface area contributed by atoms with E-state index in [1.165, 1.54) is 32.7 Å². The highest BCUT2D eigenvalue weighted by Crippen LogP contribution is 2.40. The number of nitrogens with zero attached hydrogens (tertiary/aromatic N) is 3. The molecule has 0 spiro atoms. The molecule has 1 heterocycles. The van der Waals surface area contributed by atoms with Gasteiger partial charge in [-0.05, 0) is 43.8 Å². The zero-order valence-corrected chi connectivity index (χ0v) is 21.7. The summed E-state index contributed by atoms with van der Waals surface area (Å²) in [5, 5.41) is 0.619. The summed E-state index contributed by atoms with van der Waals surface area (Å²) in [6.45, 7) is 9.26. The van der Waals surface area contributed by atoms with Crippen molar-refractivity contribution < 1.29 is 23.7 Å². The number of thiazole rings is 1. The summed E-state index contributed by atoms with van der Waals surface area (Å²) in [5.74, 6) is 1.79.